The van der Waals surface area contributed by atoms with Gasteiger partial charge >= 0.3 is 0 Å². The van der Waals surface area contributed by atoms with Crippen molar-refractivity contribution >= 4 is 11.6 Å². The second-order valence-electron chi connectivity index (χ2n) is 5.91. The zero-order valence-corrected chi connectivity index (χ0v) is 12.2. The minimum absolute atomic E-state index is 0.275. The molecule has 3 rings (SSSR count). The molecule has 2 fully saturated rings. The monoisotopic (exact) mass is 276 g/mol. The normalized spacial score (nSPS) is 22.9. The van der Waals surface area contributed by atoms with Crippen LogP contribution in [-0.2, 0) is 0 Å². The second-order valence-corrected chi connectivity index (χ2v) is 5.91. The molecule has 1 aliphatic heterocycles. The quantitative estimate of drug-likeness (QED) is 0.861. The van der Waals surface area contributed by atoms with E-state index in [2.05, 4.69) is 28.2 Å². The van der Waals surface area contributed by atoms with Gasteiger partial charge in [-0.1, -0.05) is 0 Å². The number of aliphatic hydroxyl groups is 1. The van der Waals surface area contributed by atoms with Gasteiger partial charge in [0.2, 0.25) is 0 Å². The predicted molar refractivity (Wildman–Crippen MR) is 80.2 cm³/mol. The van der Waals surface area contributed by atoms with Crippen LogP contribution >= 0.6 is 0 Å². The fourth-order valence-electron chi connectivity index (χ4n) is 2.83. The summed E-state index contributed by atoms with van der Waals surface area (Å²) < 4.78 is 0. The van der Waals surface area contributed by atoms with Crippen LogP contribution < -0.4 is 10.2 Å². The van der Waals surface area contributed by atoms with E-state index in [0.717, 1.165) is 49.9 Å². The summed E-state index contributed by atoms with van der Waals surface area (Å²) in [7, 11) is 0. The number of hydrogen-bond donors (Lipinski definition) is 2. The molecule has 20 heavy (non-hydrogen) atoms. The van der Waals surface area contributed by atoms with Gasteiger partial charge in [-0.05, 0) is 38.5 Å². The fourth-order valence-corrected chi connectivity index (χ4v) is 2.83. The first-order valence-electron chi connectivity index (χ1n) is 7.78. The third kappa shape index (κ3) is 3.03. The highest BCUT2D eigenvalue weighted by Crippen LogP contribution is 2.39. The Bertz CT molecular complexity index is 461. The molecule has 2 heterocycles. The second kappa shape index (κ2) is 5.95. The number of piperidine rings is 1. The van der Waals surface area contributed by atoms with E-state index in [4.69, 9.17) is 4.98 Å². The summed E-state index contributed by atoms with van der Waals surface area (Å²) in [5.41, 5.74) is 0. The van der Waals surface area contributed by atoms with Crippen molar-refractivity contribution in [2.45, 2.75) is 38.5 Å². The Morgan fingerprint density at radius 3 is 2.90 bits per heavy atom. The maximum Gasteiger partial charge on any atom is 0.136 e. The van der Waals surface area contributed by atoms with Gasteiger partial charge in [-0.15, -0.1) is 0 Å². The van der Waals surface area contributed by atoms with Crippen molar-refractivity contribution in [3.8, 4) is 0 Å². The Kier molecular flexibility index (Phi) is 4.05. The maximum atomic E-state index is 9.38. The van der Waals surface area contributed by atoms with E-state index in [9.17, 15) is 5.11 Å². The molecule has 0 radical (unpaired) electrons. The Labute approximate surface area is 120 Å². The molecule has 1 aromatic rings. The predicted octanol–water partition coefficient (Wildman–Crippen LogP) is 1.99. The zero-order chi connectivity index (χ0) is 13.9. The average molecular weight is 276 g/mol. The van der Waals surface area contributed by atoms with E-state index < -0.39 is 0 Å². The van der Waals surface area contributed by atoms with Crippen molar-refractivity contribution in [1.29, 1.82) is 0 Å². The molecule has 0 aromatic carbocycles. The van der Waals surface area contributed by atoms with E-state index in [0.29, 0.717) is 11.8 Å². The zero-order valence-electron chi connectivity index (χ0n) is 12.2. The molecular formula is C15H24N4O. The number of nitrogens with zero attached hydrogens (tertiary/aromatic N) is 3. The summed E-state index contributed by atoms with van der Waals surface area (Å²) >= 11 is 0. The van der Waals surface area contributed by atoms with Crippen molar-refractivity contribution in [1.82, 2.24) is 9.97 Å². The lowest BCUT2D eigenvalue weighted by molar-refractivity contribution is 0.208. The molecule has 1 aromatic heterocycles. The van der Waals surface area contributed by atoms with Gasteiger partial charge in [-0.2, -0.15) is 0 Å². The molecule has 0 amide bonds. The summed E-state index contributed by atoms with van der Waals surface area (Å²) in [6, 6.07) is 2.05. The number of aliphatic hydroxyl groups excluding tert-OH is 1. The van der Waals surface area contributed by atoms with Gasteiger partial charge in [0.25, 0.3) is 0 Å². The Morgan fingerprint density at radius 1 is 1.35 bits per heavy atom. The van der Waals surface area contributed by atoms with Gasteiger partial charge in [0.05, 0.1) is 0 Å². The molecule has 5 nitrogen and oxygen atoms in total. The standard InChI is InChI=1S/C15H24N4O/c1-2-16-13-8-14(18-15(17-13)12-5-6-12)19-7-3-4-11(9-19)10-20/h8,11-12,20H,2-7,9-10H2,1H3,(H,16,17,18). The van der Waals surface area contributed by atoms with Crippen molar-refractivity contribution in [2.24, 2.45) is 5.92 Å². The third-order valence-electron chi connectivity index (χ3n) is 4.13. The van der Waals surface area contributed by atoms with Gasteiger partial charge in [0, 0.05) is 38.2 Å². The summed E-state index contributed by atoms with van der Waals surface area (Å²) in [6.45, 7) is 5.17. The molecule has 1 saturated heterocycles. The number of anilines is 2. The van der Waals surface area contributed by atoms with Gasteiger partial charge in [-0.25, -0.2) is 9.97 Å². The first kappa shape index (κ1) is 13.6. The Morgan fingerprint density at radius 2 is 2.20 bits per heavy atom. The van der Waals surface area contributed by atoms with E-state index in [1.165, 1.54) is 12.8 Å². The van der Waals surface area contributed by atoms with Crippen molar-refractivity contribution in [3.63, 3.8) is 0 Å². The van der Waals surface area contributed by atoms with E-state index >= 15 is 0 Å². The van der Waals surface area contributed by atoms with E-state index in [1.807, 2.05) is 0 Å². The van der Waals surface area contributed by atoms with Crippen molar-refractivity contribution < 1.29 is 5.11 Å². The van der Waals surface area contributed by atoms with Crippen molar-refractivity contribution in [2.75, 3.05) is 36.5 Å². The number of rotatable bonds is 5. The third-order valence-corrected chi connectivity index (χ3v) is 4.13. The molecular weight excluding hydrogens is 252 g/mol. The summed E-state index contributed by atoms with van der Waals surface area (Å²) in [5, 5.41) is 12.7. The lowest BCUT2D eigenvalue weighted by Crippen LogP contribution is -2.37. The summed E-state index contributed by atoms with van der Waals surface area (Å²) in [5.74, 6) is 3.89. The average Bonchev–Trinajstić information content (AvgIpc) is 3.32. The highest BCUT2D eigenvalue weighted by Gasteiger charge is 2.28. The molecule has 0 spiro atoms. The van der Waals surface area contributed by atoms with Gasteiger partial charge in [0.1, 0.15) is 17.5 Å². The SMILES string of the molecule is CCNc1cc(N2CCCC(CO)C2)nc(C2CC2)n1. The molecule has 1 unspecified atom stereocenters. The van der Waals surface area contributed by atoms with Crippen LogP contribution in [-0.4, -0.2) is 41.3 Å². The molecule has 2 aliphatic rings. The van der Waals surface area contributed by atoms with Crippen LogP contribution in [0, 0.1) is 5.92 Å². The number of aromatic nitrogens is 2. The number of nitrogens with one attached hydrogen (secondary N) is 1. The Balaban J connectivity index is 1.83. The van der Waals surface area contributed by atoms with Crippen LogP contribution in [0.1, 0.15) is 44.3 Å². The molecule has 1 aliphatic carbocycles. The summed E-state index contributed by atoms with van der Waals surface area (Å²) in [4.78, 5) is 11.7. The Hall–Kier alpha value is -1.36. The molecule has 110 valence electrons. The van der Waals surface area contributed by atoms with Crippen molar-refractivity contribution in [3.05, 3.63) is 11.9 Å². The first-order chi connectivity index (χ1) is 9.80. The minimum Gasteiger partial charge on any atom is -0.396 e. The molecule has 0 bridgehead atoms. The van der Waals surface area contributed by atoms with E-state index in [-0.39, 0.29) is 6.61 Å². The molecule has 5 heteroatoms. The van der Waals surface area contributed by atoms with Crippen LogP contribution in [0.25, 0.3) is 0 Å². The molecule has 2 N–H and O–H groups in total. The number of hydrogen-bond acceptors (Lipinski definition) is 5. The fraction of sp³-hybridized carbons (Fsp3) is 0.733. The highest BCUT2D eigenvalue weighted by molar-refractivity contribution is 5.50. The summed E-state index contributed by atoms with van der Waals surface area (Å²) in [6.07, 6.45) is 4.68. The van der Waals surface area contributed by atoms with Gasteiger partial charge in [0.15, 0.2) is 0 Å². The minimum atomic E-state index is 0.275. The topological polar surface area (TPSA) is 61.3 Å². The largest absolute Gasteiger partial charge is 0.396 e. The molecule has 1 saturated carbocycles. The van der Waals surface area contributed by atoms with Crippen LogP contribution in [0.2, 0.25) is 0 Å². The maximum absolute atomic E-state index is 9.38. The smallest absolute Gasteiger partial charge is 0.136 e. The van der Waals surface area contributed by atoms with Crippen LogP contribution in [0.15, 0.2) is 6.07 Å². The van der Waals surface area contributed by atoms with Crippen LogP contribution in [0.5, 0.6) is 0 Å². The molecule has 1 atom stereocenters. The van der Waals surface area contributed by atoms with Crippen LogP contribution in [0.4, 0.5) is 11.6 Å². The van der Waals surface area contributed by atoms with Gasteiger partial charge < -0.3 is 15.3 Å². The lowest BCUT2D eigenvalue weighted by Gasteiger charge is -2.33. The van der Waals surface area contributed by atoms with E-state index in [1.54, 1.807) is 0 Å². The van der Waals surface area contributed by atoms with Gasteiger partial charge in [-0.3, -0.25) is 0 Å². The van der Waals surface area contributed by atoms with Crippen LogP contribution in [0.3, 0.4) is 0 Å². The first-order valence-corrected chi connectivity index (χ1v) is 7.78. The lowest BCUT2D eigenvalue weighted by atomic mass is 9.99. The highest BCUT2D eigenvalue weighted by atomic mass is 16.3.